The third-order valence-electron chi connectivity index (χ3n) is 4.14. The van der Waals surface area contributed by atoms with Gasteiger partial charge in [-0.05, 0) is 50.2 Å². The quantitative estimate of drug-likeness (QED) is 0.467. The number of anilines is 1. The molecule has 0 fully saturated rings. The molecule has 1 amide bonds. The fourth-order valence-electron chi connectivity index (χ4n) is 2.81. The Kier molecular flexibility index (Phi) is 4.70. The number of benzene rings is 2. The number of aryl methyl sites for hydroxylation is 1. The highest BCUT2D eigenvalue weighted by atomic mass is 32.1. The van der Waals surface area contributed by atoms with Gasteiger partial charge in [0.05, 0.1) is 22.5 Å². The Hall–Kier alpha value is -3.39. The summed E-state index contributed by atoms with van der Waals surface area (Å²) in [5.74, 6) is 0.531. The van der Waals surface area contributed by atoms with Gasteiger partial charge in [0.2, 0.25) is 0 Å². The average Bonchev–Trinajstić information content (AvgIpc) is 3.30. The molecule has 0 saturated heterocycles. The van der Waals surface area contributed by atoms with Crippen LogP contribution in [0.25, 0.3) is 21.5 Å². The number of phenols is 1. The highest BCUT2D eigenvalue weighted by molar-refractivity contribution is 7.22. The molecule has 2 aromatic heterocycles. The second-order valence-electron chi connectivity index (χ2n) is 6.22. The first-order valence-electron chi connectivity index (χ1n) is 8.73. The molecule has 0 atom stereocenters. The van der Waals surface area contributed by atoms with Gasteiger partial charge in [-0.15, -0.1) is 0 Å². The molecule has 3 N–H and O–H groups in total. The van der Waals surface area contributed by atoms with Crippen LogP contribution in [0, 0.1) is 6.92 Å². The van der Waals surface area contributed by atoms with Gasteiger partial charge in [0.1, 0.15) is 17.2 Å². The summed E-state index contributed by atoms with van der Waals surface area (Å²) < 4.78 is 6.42. The summed E-state index contributed by atoms with van der Waals surface area (Å²) in [4.78, 5) is 17.0. The van der Waals surface area contributed by atoms with Crippen LogP contribution in [0.2, 0.25) is 0 Å². The van der Waals surface area contributed by atoms with Gasteiger partial charge in [0, 0.05) is 5.56 Å². The summed E-state index contributed by atoms with van der Waals surface area (Å²) >= 11 is 1.37. The van der Waals surface area contributed by atoms with Crippen LogP contribution >= 0.6 is 11.3 Å². The van der Waals surface area contributed by atoms with E-state index in [4.69, 9.17) is 4.74 Å². The Morgan fingerprint density at radius 1 is 1.25 bits per heavy atom. The summed E-state index contributed by atoms with van der Waals surface area (Å²) in [7, 11) is 0. The molecule has 0 aliphatic carbocycles. The van der Waals surface area contributed by atoms with E-state index in [1.165, 1.54) is 11.3 Å². The largest absolute Gasteiger partial charge is 0.507 e. The minimum absolute atomic E-state index is 0.111. The van der Waals surface area contributed by atoms with Crippen molar-refractivity contribution < 1.29 is 14.6 Å². The Morgan fingerprint density at radius 2 is 2.11 bits per heavy atom. The van der Waals surface area contributed by atoms with E-state index in [9.17, 15) is 9.90 Å². The molecule has 0 unspecified atom stereocenters. The summed E-state index contributed by atoms with van der Waals surface area (Å²) in [5.41, 5.74) is 3.13. The molecule has 0 aliphatic heterocycles. The number of hydrogen-bond donors (Lipinski definition) is 3. The van der Waals surface area contributed by atoms with E-state index in [0.29, 0.717) is 23.0 Å². The zero-order valence-corrected chi connectivity index (χ0v) is 16.1. The second kappa shape index (κ2) is 7.32. The number of thiazole rings is 1. The molecule has 0 saturated carbocycles. The molecule has 28 heavy (non-hydrogen) atoms. The van der Waals surface area contributed by atoms with Crippen LogP contribution in [0.4, 0.5) is 5.13 Å². The topological polar surface area (TPSA) is 100 Å². The number of hydrogen-bond acceptors (Lipinski definition) is 6. The van der Waals surface area contributed by atoms with Crippen molar-refractivity contribution >= 4 is 32.6 Å². The third kappa shape index (κ3) is 3.54. The molecular formula is C20H18N4O3S. The number of fused-ring (bicyclic) bond motifs is 1. The molecular weight excluding hydrogens is 376 g/mol. The van der Waals surface area contributed by atoms with E-state index in [1.807, 2.05) is 44.2 Å². The van der Waals surface area contributed by atoms with Gasteiger partial charge in [0.25, 0.3) is 5.91 Å². The molecule has 142 valence electrons. The Bertz CT molecular complexity index is 1170. The number of H-pyrrole nitrogens is 1. The van der Waals surface area contributed by atoms with E-state index < -0.39 is 0 Å². The number of aromatic hydroxyl groups is 1. The lowest BCUT2D eigenvalue weighted by molar-refractivity contribution is 0.102. The highest BCUT2D eigenvalue weighted by Crippen LogP contribution is 2.31. The first-order valence-corrected chi connectivity index (χ1v) is 9.55. The Morgan fingerprint density at radius 3 is 2.93 bits per heavy atom. The fraction of sp³-hybridized carbons (Fsp3) is 0.150. The van der Waals surface area contributed by atoms with Gasteiger partial charge < -0.3 is 9.84 Å². The second-order valence-corrected chi connectivity index (χ2v) is 7.25. The van der Waals surface area contributed by atoms with Crippen LogP contribution in [0.5, 0.6) is 11.5 Å². The van der Waals surface area contributed by atoms with Crippen LogP contribution < -0.4 is 10.1 Å². The van der Waals surface area contributed by atoms with Gasteiger partial charge >= 0.3 is 0 Å². The highest BCUT2D eigenvalue weighted by Gasteiger charge is 2.15. The number of aromatic nitrogens is 3. The van der Waals surface area contributed by atoms with Gasteiger partial charge in [-0.1, -0.05) is 23.0 Å². The Labute approximate surface area is 165 Å². The van der Waals surface area contributed by atoms with Crippen molar-refractivity contribution in [1.29, 1.82) is 0 Å². The number of carbonyl (C=O) groups is 1. The maximum atomic E-state index is 12.6. The van der Waals surface area contributed by atoms with E-state index in [1.54, 1.807) is 12.1 Å². The lowest BCUT2D eigenvalue weighted by Gasteiger charge is -2.01. The van der Waals surface area contributed by atoms with Crippen molar-refractivity contribution in [3.63, 3.8) is 0 Å². The number of phenolic OH excluding ortho intramolecular Hbond substituents is 1. The van der Waals surface area contributed by atoms with Crippen LogP contribution in [0.3, 0.4) is 0 Å². The number of rotatable bonds is 5. The summed E-state index contributed by atoms with van der Waals surface area (Å²) in [6, 6.07) is 12.5. The van der Waals surface area contributed by atoms with Crippen LogP contribution in [-0.4, -0.2) is 32.8 Å². The molecule has 4 rings (SSSR count). The van der Waals surface area contributed by atoms with Gasteiger partial charge in [0.15, 0.2) is 5.13 Å². The molecule has 0 bridgehead atoms. The zero-order chi connectivity index (χ0) is 19.7. The number of ether oxygens (including phenoxy) is 1. The minimum atomic E-state index is -0.352. The molecule has 0 spiro atoms. The van der Waals surface area contributed by atoms with E-state index >= 15 is 0 Å². The summed E-state index contributed by atoms with van der Waals surface area (Å²) in [5, 5.41) is 20.2. The number of amides is 1. The number of aromatic amines is 1. The van der Waals surface area contributed by atoms with Crippen molar-refractivity contribution in [3.8, 4) is 22.8 Å². The lowest BCUT2D eigenvalue weighted by Crippen LogP contribution is -2.11. The molecule has 8 heteroatoms. The normalized spacial score (nSPS) is 10.9. The smallest absolute Gasteiger partial charge is 0.275 e. The van der Waals surface area contributed by atoms with Crippen molar-refractivity contribution in [3.05, 3.63) is 53.7 Å². The predicted octanol–water partition coefficient (Wildman–Crippen LogP) is 4.35. The maximum absolute atomic E-state index is 12.6. The van der Waals surface area contributed by atoms with Gasteiger partial charge in [-0.3, -0.25) is 15.2 Å². The van der Waals surface area contributed by atoms with Crippen molar-refractivity contribution in [1.82, 2.24) is 15.2 Å². The number of nitrogens with zero attached hydrogens (tertiary/aromatic N) is 2. The third-order valence-corrected chi connectivity index (χ3v) is 5.08. The first kappa shape index (κ1) is 18.0. The molecule has 0 aliphatic rings. The fourth-order valence-corrected chi connectivity index (χ4v) is 3.70. The molecule has 2 heterocycles. The van der Waals surface area contributed by atoms with E-state index in [-0.39, 0.29) is 17.4 Å². The first-order chi connectivity index (χ1) is 13.5. The van der Waals surface area contributed by atoms with Gasteiger partial charge in [-0.2, -0.15) is 5.10 Å². The number of carbonyl (C=O) groups excluding carboxylic acids is 1. The standard InChI is InChI=1S/C20H18N4O3S/c1-3-27-12-5-6-14-18(9-12)28-20(21-14)22-19(26)16-10-15(23-24-16)13-8-11(2)4-7-17(13)25/h4-10,25H,3H2,1-2H3,(H,23,24)(H,21,22,26). The summed E-state index contributed by atoms with van der Waals surface area (Å²) in [6.45, 7) is 4.44. The van der Waals surface area contributed by atoms with Gasteiger partial charge in [-0.25, -0.2) is 4.98 Å². The molecule has 7 nitrogen and oxygen atoms in total. The minimum Gasteiger partial charge on any atom is -0.507 e. The van der Waals surface area contributed by atoms with Crippen LogP contribution in [0.15, 0.2) is 42.5 Å². The Balaban J connectivity index is 1.55. The van der Waals surface area contributed by atoms with E-state index in [0.717, 1.165) is 21.5 Å². The molecule has 4 aromatic rings. The van der Waals surface area contributed by atoms with Crippen LogP contribution in [0.1, 0.15) is 23.0 Å². The van der Waals surface area contributed by atoms with E-state index in [2.05, 4.69) is 20.5 Å². The molecule has 0 radical (unpaired) electrons. The summed E-state index contributed by atoms with van der Waals surface area (Å²) in [6.07, 6.45) is 0. The zero-order valence-electron chi connectivity index (χ0n) is 15.3. The van der Waals surface area contributed by atoms with Crippen LogP contribution in [-0.2, 0) is 0 Å². The van der Waals surface area contributed by atoms with Crippen molar-refractivity contribution in [2.24, 2.45) is 0 Å². The average molecular weight is 394 g/mol. The SMILES string of the molecule is CCOc1ccc2nc(NC(=O)c3cc(-c4cc(C)ccc4O)n[nH]3)sc2c1. The maximum Gasteiger partial charge on any atom is 0.275 e. The monoisotopic (exact) mass is 394 g/mol. The van der Waals surface area contributed by atoms with Crippen molar-refractivity contribution in [2.45, 2.75) is 13.8 Å². The lowest BCUT2D eigenvalue weighted by atomic mass is 10.1. The predicted molar refractivity (Wildman–Crippen MR) is 109 cm³/mol. The number of nitrogens with one attached hydrogen (secondary N) is 2. The van der Waals surface area contributed by atoms with Crippen molar-refractivity contribution in [2.75, 3.05) is 11.9 Å². The molecule has 2 aromatic carbocycles.